The van der Waals surface area contributed by atoms with Crippen LogP contribution in [0.3, 0.4) is 0 Å². The van der Waals surface area contributed by atoms with E-state index >= 15 is 0 Å². The Labute approximate surface area is 310 Å². The van der Waals surface area contributed by atoms with Gasteiger partial charge in [-0.2, -0.15) is 0 Å². The van der Waals surface area contributed by atoms with Gasteiger partial charge in [0.05, 0.1) is 6.61 Å². The molecule has 1 unspecified atom stereocenters. The average molecular weight is 701 g/mol. The van der Waals surface area contributed by atoms with Gasteiger partial charge in [-0.05, 0) is 77.0 Å². The second-order valence-electron chi connectivity index (χ2n) is 13.9. The largest absolute Gasteiger partial charge is 0.462 e. The molecule has 0 N–H and O–H groups in total. The first kappa shape index (κ1) is 47.9. The van der Waals surface area contributed by atoms with Crippen molar-refractivity contribution in [1.82, 2.24) is 0 Å². The Balaban J connectivity index is 4.12. The van der Waals surface area contributed by atoms with E-state index in [0.29, 0.717) is 19.4 Å². The van der Waals surface area contributed by atoms with Crippen molar-refractivity contribution in [3.63, 3.8) is 0 Å². The zero-order chi connectivity index (χ0) is 36.4. The Hall–Kier alpha value is -2.14. The van der Waals surface area contributed by atoms with Gasteiger partial charge in [0.2, 0.25) is 0 Å². The molecule has 0 heterocycles. The summed E-state index contributed by atoms with van der Waals surface area (Å²) in [4.78, 5) is 24.9. The lowest BCUT2D eigenvalue weighted by Crippen LogP contribution is -2.30. The molecule has 0 rings (SSSR count). The van der Waals surface area contributed by atoms with Crippen molar-refractivity contribution in [2.24, 2.45) is 0 Å². The first-order valence-corrected chi connectivity index (χ1v) is 21.2. The monoisotopic (exact) mass is 701 g/mol. The van der Waals surface area contributed by atoms with Gasteiger partial charge in [-0.15, -0.1) is 0 Å². The van der Waals surface area contributed by atoms with Gasteiger partial charge in [0.15, 0.2) is 6.10 Å². The number of esters is 2. The molecule has 1 atom stereocenters. The summed E-state index contributed by atoms with van der Waals surface area (Å²) in [7, 11) is 0. The molecule has 50 heavy (non-hydrogen) atoms. The summed E-state index contributed by atoms with van der Waals surface area (Å²) in [5.41, 5.74) is 0. The van der Waals surface area contributed by atoms with Crippen molar-refractivity contribution in [2.45, 2.75) is 207 Å². The number of ether oxygens (including phenoxy) is 3. The molecule has 0 fully saturated rings. The van der Waals surface area contributed by atoms with E-state index in [2.05, 4.69) is 69.4 Å². The summed E-state index contributed by atoms with van der Waals surface area (Å²) in [6, 6.07) is 0. The predicted molar refractivity (Wildman–Crippen MR) is 215 cm³/mol. The third-order valence-corrected chi connectivity index (χ3v) is 8.82. The quantitative estimate of drug-likeness (QED) is 0.0364. The lowest BCUT2D eigenvalue weighted by Gasteiger charge is -2.18. The zero-order valence-corrected chi connectivity index (χ0v) is 33.2. The summed E-state index contributed by atoms with van der Waals surface area (Å²) < 4.78 is 17.1. The molecule has 0 saturated heterocycles. The maximum Gasteiger partial charge on any atom is 0.306 e. The van der Waals surface area contributed by atoms with Crippen LogP contribution >= 0.6 is 0 Å². The van der Waals surface area contributed by atoms with Gasteiger partial charge in [-0.3, -0.25) is 9.59 Å². The highest BCUT2D eigenvalue weighted by Gasteiger charge is 2.17. The highest BCUT2D eigenvalue weighted by molar-refractivity contribution is 5.70. The SMILES string of the molecule is CCC/C=C\C/C=C\CCCCCCCC(=O)OCC(COCCCCCCCC/C=C\C/C=C\CCCCC)OC(=O)CCCCCCC. The van der Waals surface area contributed by atoms with Gasteiger partial charge in [-0.1, -0.05) is 159 Å². The Bertz CT molecular complexity index is 842. The van der Waals surface area contributed by atoms with Gasteiger partial charge in [0.25, 0.3) is 0 Å². The summed E-state index contributed by atoms with van der Waals surface area (Å²) in [6.45, 7) is 7.62. The van der Waals surface area contributed by atoms with E-state index in [1.165, 1.54) is 96.3 Å². The number of hydrogen-bond acceptors (Lipinski definition) is 5. The van der Waals surface area contributed by atoms with E-state index in [0.717, 1.165) is 70.6 Å². The van der Waals surface area contributed by atoms with E-state index < -0.39 is 6.10 Å². The van der Waals surface area contributed by atoms with Crippen molar-refractivity contribution in [1.29, 1.82) is 0 Å². The van der Waals surface area contributed by atoms with Crippen molar-refractivity contribution < 1.29 is 23.8 Å². The van der Waals surface area contributed by atoms with Gasteiger partial charge in [-0.25, -0.2) is 0 Å². The molecule has 0 spiro atoms. The summed E-state index contributed by atoms with van der Waals surface area (Å²) >= 11 is 0. The fraction of sp³-hybridized carbons (Fsp3) is 0.778. The van der Waals surface area contributed by atoms with E-state index in [1.54, 1.807) is 0 Å². The molecular weight excluding hydrogens is 620 g/mol. The number of carbonyl (C=O) groups excluding carboxylic acids is 2. The van der Waals surface area contributed by atoms with Crippen LogP contribution in [-0.4, -0.2) is 37.9 Å². The average Bonchev–Trinajstić information content (AvgIpc) is 3.11. The van der Waals surface area contributed by atoms with Crippen molar-refractivity contribution in [3.8, 4) is 0 Å². The molecule has 0 aliphatic heterocycles. The van der Waals surface area contributed by atoms with E-state index in [1.807, 2.05) is 0 Å². The fourth-order valence-corrected chi connectivity index (χ4v) is 5.63. The van der Waals surface area contributed by atoms with Crippen LogP contribution < -0.4 is 0 Å². The van der Waals surface area contributed by atoms with Gasteiger partial charge < -0.3 is 14.2 Å². The molecule has 0 aliphatic carbocycles. The third kappa shape index (κ3) is 38.7. The topological polar surface area (TPSA) is 61.8 Å². The minimum Gasteiger partial charge on any atom is -0.462 e. The highest BCUT2D eigenvalue weighted by Crippen LogP contribution is 2.12. The molecule has 290 valence electrons. The number of rotatable bonds is 38. The van der Waals surface area contributed by atoms with Crippen LogP contribution in [0.5, 0.6) is 0 Å². The van der Waals surface area contributed by atoms with E-state index in [9.17, 15) is 9.59 Å². The fourth-order valence-electron chi connectivity index (χ4n) is 5.63. The summed E-state index contributed by atoms with van der Waals surface area (Å²) in [5.74, 6) is -0.433. The molecule has 0 aromatic carbocycles. The van der Waals surface area contributed by atoms with Crippen LogP contribution in [-0.2, 0) is 23.8 Å². The Kier molecular flexibility index (Phi) is 39.5. The molecule has 0 bridgehead atoms. The van der Waals surface area contributed by atoms with Crippen molar-refractivity contribution in [3.05, 3.63) is 48.6 Å². The van der Waals surface area contributed by atoms with Crippen LogP contribution in [0.1, 0.15) is 201 Å². The zero-order valence-electron chi connectivity index (χ0n) is 33.2. The van der Waals surface area contributed by atoms with Crippen LogP contribution in [0, 0.1) is 0 Å². The Morgan fingerprint density at radius 3 is 1.44 bits per heavy atom. The highest BCUT2D eigenvalue weighted by atomic mass is 16.6. The summed E-state index contributed by atoms with van der Waals surface area (Å²) in [5, 5.41) is 0. The van der Waals surface area contributed by atoms with Crippen molar-refractivity contribution >= 4 is 11.9 Å². The second kappa shape index (κ2) is 41.3. The van der Waals surface area contributed by atoms with E-state index in [-0.39, 0.29) is 25.2 Å². The predicted octanol–water partition coefficient (Wildman–Crippen LogP) is 13.7. The lowest BCUT2D eigenvalue weighted by molar-refractivity contribution is -0.163. The Morgan fingerprint density at radius 1 is 0.440 bits per heavy atom. The van der Waals surface area contributed by atoms with Crippen LogP contribution in [0.2, 0.25) is 0 Å². The minimum absolute atomic E-state index is 0.0735. The maximum absolute atomic E-state index is 12.5. The molecule has 0 radical (unpaired) electrons. The lowest BCUT2D eigenvalue weighted by atomic mass is 10.1. The molecular formula is C45H80O5. The number of allylic oxidation sites excluding steroid dienone is 8. The molecule has 5 nitrogen and oxygen atoms in total. The molecule has 0 aromatic heterocycles. The molecule has 5 heteroatoms. The smallest absolute Gasteiger partial charge is 0.306 e. The van der Waals surface area contributed by atoms with Crippen LogP contribution in [0.15, 0.2) is 48.6 Å². The van der Waals surface area contributed by atoms with Crippen LogP contribution in [0.4, 0.5) is 0 Å². The Morgan fingerprint density at radius 2 is 0.880 bits per heavy atom. The molecule has 0 aromatic rings. The first-order chi connectivity index (χ1) is 24.6. The summed E-state index contributed by atoms with van der Waals surface area (Å²) in [6.07, 6.45) is 48.4. The van der Waals surface area contributed by atoms with Gasteiger partial charge >= 0.3 is 11.9 Å². The number of carbonyl (C=O) groups is 2. The second-order valence-corrected chi connectivity index (χ2v) is 13.9. The molecule has 0 saturated carbocycles. The number of hydrogen-bond donors (Lipinski definition) is 0. The minimum atomic E-state index is -0.540. The normalized spacial score (nSPS) is 12.6. The molecule has 0 amide bonds. The van der Waals surface area contributed by atoms with Crippen molar-refractivity contribution in [2.75, 3.05) is 19.8 Å². The maximum atomic E-state index is 12.5. The van der Waals surface area contributed by atoms with Gasteiger partial charge in [0.1, 0.15) is 6.61 Å². The van der Waals surface area contributed by atoms with Crippen LogP contribution in [0.25, 0.3) is 0 Å². The third-order valence-electron chi connectivity index (χ3n) is 8.82. The molecule has 0 aliphatic rings. The number of unbranched alkanes of at least 4 members (excludes halogenated alkanes) is 19. The first-order valence-electron chi connectivity index (χ1n) is 21.2. The van der Waals surface area contributed by atoms with Gasteiger partial charge in [0, 0.05) is 19.4 Å². The standard InChI is InChI=1S/C45H80O5/c1-4-7-10-13-15-17-19-21-22-23-25-27-29-31-34-37-40-48-41-43(50-45(47)39-36-32-12-9-6-3)42-49-44(46)38-35-33-30-28-26-24-20-18-16-14-11-8-5-2/h11,14-15,17-18,20-22,43H,4-10,12-13,16,19,23-42H2,1-3H3/b14-11-,17-15-,20-18-,22-21-. The van der Waals surface area contributed by atoms with E-state index in [4.69, 9.17) is 14.2 Å².